The fourth-order valence-corrected chi connectivity index (χ4v) is 2.64. The van der Waals surface area contributed by atoms with Crippen molar-refractivity contribution >= 4 is 8.32 Å². The van der Waals surface area contributed by atoms with Crippen LogP contribution in [0.3, 0.4) is 0 Å². The van der Waals surface area contributed by atoms with Crippen molar-refractivity contribution in [3.63, 3.8) is 0 Å². The molecule has 0 heterocycles. The molecule has 0 radical (unpaired) electrons. The van der Waals surface area contributed by atoms with Crippen LogP contribution in [0.4, 0.5) is 0 Å². The van der Waals surface area contributed by atoms with E-state index in [-0.39, 0.29) is 5.04 Å². The van der Waals surface area contributed by atoms with Crippen LogP contribution in [0, 0.1) is 0 Å². The maximum Gasteiger partial charge on any atom is 0.250 e. The number of ether oxygens (including phenoxy) is 1. The zero-order valence-electron chi connectivity index (χ0n) is 13.4. The van der Waals surface area contributed by atoms with E-state index in [1.165, 1.54) is 6.08 Å². The molecule has 0 bridgehead atoms. The fourth-order valence-electron chi connectivity index (χ4n) is 1.62. The Balaban J connectivity index is 3.23. The molecule has 0 saturated carbocycles. The van der Waals surface area contributed by atoms with Gasteiger partial charge < -0.3 is 14.3 Å². The molecule has 1 rings (SSSR count). The number of methoxy groups -OCH3 is 1. The summed E-state index contributed by atoms with van der Waals surface area (Å²) in [7, 11) is -0.358. The van der Waals surface area contributed by atoms with E-state index in [1.54, 1.807) is 7.11 Å². The van der Waals surface area contributed by atoms with Gasteiger partial charge in [0.25, 0.3) is 8.32 Å². The Hall–Kier alpha value is -1.26. The second kappa shape index (κ2) is 6.02. The number of aliphatic hydroxyl groups excluding tert-OH is 1. The van der Waals surface area contributed by atoms with E-state index in [1.807, 2.05) is 18.2 Å². The molecule has 4 heteroatoms. The highest BCUT2D eigenvalue weighted by Gasteiger charge is 2.39. The summed E-state index contributed by atoms with van der Waals surface area (Å²) >= 11 is 0. The minimum Gasteiger partial charge on any atom is -0.541 e. The van der Waals surface area contributed by atoms with Crippen LogP contribution in [0.2, 0.25) is 18.1 Å². The number of rotatable bonds is 5. The third kappa shape index (κ3) is 3.44. The minimum absolute atomic E-state index is 0.102. The van der Waals surface area contributed by atoms with Gasteiger partial charge in [0.15, 0.2) is 5.75 Å². The number of hydrogen-bond donors (Lipinski definition) is 1. The monoisotopic (exact) mass is 294 g/mol. The first-order chi connectivity index (χ1) is 9.14. The topological polar surface area (TPSA) is 38.7 Å². The van der Waals surface area contributed by atoms with Crippen LogP contribution >= 0.6 is 0 Å². The first kappa shape index (κ1) is 16.8. The summed E-state index contributed by atoms with van der Waals surface area (Å²) in [6, 6.07) is 5.58. The van der Waals surface area contributed by atoms with Crippen molar-refractivity contribution in [1.82, 2.24) is 0 Å². The molecule has 1 N–H and O–H groups in total. The average Bonchev–Trinajstić information content (AvgIpc) is 2.35. The molecule has 0 aliphatic heterocycles. The first-order valence-electron chi connectivity index (χ1n) is 6.80. The van der Waals surface area contributed by atoms with Crippen LogP contribution in [0.1, 0.15) is 32.4 Å². The molecule has 0 aliphatic rings. The molecule has 112 valence electrons. The third-order valence-electron chi connectivity index (χ3n) is 3.93. The Morgan fingerprint density at radius 2 is 1.90 bits per heavy atom. The second-order valence-electron chi connectivity index (χ2n) is 6.42. The average molecular weight is 294 g/mol. The molecule has 0 aromatic heterocycles. The van der Waals surface area contributed by atoms with Gasteiger partial charge >= 0.3 is 0 Å². The van der Waals surface area contributed by atoms with Crippen molar-refractivity contribution in [1.29, 1.82) is 0 Å². The summed E-state index contributed by atoms with van der Waals surface area (Å²) in [5.74, 6) is 1.28. The van der Waals surface area contributed by atoms with Gasteiger partial charge in [-0.05, 0) is 24.2 Å². The lowest BCUT2D eigenvalue weighted by atomic mass is 10.1. The lowest BCUT2D eigenvalue weighted by Crippen LogP contribution is -2.44. The summed E-state index contributed by atoms with van der Waals surface area (Å²) in [5, 5.41) is 10.1. The summed E-state index contributed by atoms with van der Waals surface area (Å²) in [6.45, 7) is 14.6. The van der Waals surface area contributed by atoms with Crippen molar-refractivity contribution in [3.05, 3.63) is 36.4 Å². The first-order valence-corrected chi connectivity index (χ1v) is 9.71. The van der Waals surface area contributed by atoms with E-state index in [2.05, 4.69) is 40.4 Å². The maximum atomic E-state index is 9.98. The van der Waals surface area contributed by atoms with Gasteiger partial charge in [0.2, 0.25) is 0 Å². The molecule has 20 heavy (non-hydrogen) atoms. The molecule has 0 aliphatic carbocycles. The zero-order valence-corrected chi connectivity index (χ0v) is 14.4. The molecule has 1 atom stereocenters. The van der Waals surface area contributed by atoms with E-state index in [9.17, 15) is 5.11 Å². The minimum atomic E-state index is -1.95. The Morgan fingerprint density at radius 3 is 2.35 bits per heavy atom. The number of para-hydroxylation sites is 1. The predicted molar refractivity (Wildman–Crippen MR) is 86.0 cm³/mol. The molecule has 0 spiro atoms. The van der Waals surface area contributed by atoms with Gasteiger partial charge in [-0.2, -0.15) is 0 Å². The van der Waals surface area contributed by atoms with Crippen LogP contribution in [0.25, 0.3) is 0 Å². The summed E-state index contributed by atoms with van der Waals surface area (Å²) in [6.07, 6.45) is 0.724. The van der Waals surface area contributed by atoms with Gasteiger partial charge in [0.05, 0.1) is 7.11 Å². The summed E-state index contributed by atoms with van der Waals surface area (Å²) in [4.78, 5) is 0. The van der Waals surface area contributed by atoms with Crippen LogP contribution in [0.5, 0.6) is 11.5 Å². The van der Waals surface area contributed by atoms with Gasteiger partial charge in [-0.1, -0.05) is 39.0 Å². The molecular weight excluding hydrogens is 268 g/mol. The molecule has 0 fully saturated rings. The highest BCUT2D eigenvalue weighted by Crippen LogP contribution is 2.42. The van der Waals surface area contributed by atoms with Crippen molar-refractivity contribution < 1.29 is 14.3 Å². The van der Waals surface area contributed by atoms with Crippen LogP contribution < -0.4 is 9.16 Å². The Labute approximate surface area is 123 Å². The highest BCUT2D eigenvalue weighted by molar-refractivity contribution is 6.74. The van der Waals surface area contributed by atoms with Crippen molar-refractivity contribution in [2.24, 2.45) is 0 Å². The van der Waals surface area contributed by atoms with E-state index in [4.69, 9.17) is 9.16 Å². The Bertz CT molecular complexity index is 475. The SMILES string of the molecule is C=CC(O)c1cccc(O[Si](C)(C)C(C)(C)C)c1OC. The van der Waals surface area contributed by atoms with Crippen LogP contribution in [0.15, 0.2) is 30.9 Å². The molecule has 1 aromatic rings. The van der Waals surface area contributed by atoms with Gasteiger partial charge in [0, 0.05) is 5.56 Å². The van der Waals surface area contributed by atoms with Crippen molar-refractivity contribution in [2.45, 2.75) is 45.0 Å². The normalized spacial score (nSPS) is 13.8. The standard InChI is InChI=1S/C16H26O3Si/c1-8-13(17)12-10-9-11-14(15(12)18-5)19-20(6,7)16(2,3)4/h8-11,13,17H,1H2,2-7H3. The van der Waals surface area contributed by atoms with Gasteiger partial charge in [-0.3, -0.25) is 0 Å². The summed E-state index contributed by atoms with van der Waals surface area (Å²) in [5.41, 5.74) is 0.679. The van der Waals surface area contributed by atoms with Crippen LogP contribution in [-0.4, -0.2) is 20.5 Å². The van der Waals surface area contributed by atoms with Crippen LogP contribution in [-0.2, 0) is 0 Å². The van der Waals surface area contributed by atoms with E-state index in [0.29, 0.717) is 17.1 Å². The molecule has 0 amide bonds. The molecular formula is C16H26O3Si. The molecule has 3 nitrogen and oxygen atoms in total. The van der Waals surface area contributed by atoms with Crippen molar-refractivity contribution in [2.75, 3.05) is 7.11 Å². The van der Waals surface area contributed by atoms with E-state index < -0.39 is 14.4 Å². The highest BCUT2D eigenvalue weighted by atomic mass is 28.4. The van der Waals surface area contributed by atoms with Gasteiger partial charge in [-0.25, -0.2) is 0 Å². The number of aliphatic hydroxyl groups is 1. The maximum absolute atomic E-state index is 9.98. The molecule has 0 saturated heterocycles. The molecule has 1 aromatic carbocycles. The largest absolute Gasteiger partial charge is 0.541 e. The van der Waals surface area contributed by atoms with Crippen molar-refractivity contribution in [3.8, 4) is 11.5 Å². The lowest BCUT2D eigenvalue weighted by Gasteiger charge is -2.37. The van der Waals surface area contributed by atoms with Gasteiger partial charge in [-0.15, -0.1) is 6.58 Å². The fraction of sp³-hybridized carbons (Fsp3) is 0.500. The van der Waals surface area contributed by atoms with E-state index in [0.717, 1.165) is 0 Å². The van der Waals surface area contributed by atoms with E-state index >= 15 is 0 Å². The second-order valence-corrected chi connectivity index (χ2v) is 11.1. The predicted octanol–water partition coefficient (Wildman–Crippen LogP) is 4.30. The molecule has 1 unspecified atom stereocenters. The number of benzene rings is 1. The van der Waals surface area contributed by atoms with Gasteiger partial charge in [0.1, 0.15) is 11.9 Å². The Morgan fingerprint density at radius 1 is 1.30 bits per heavy atom. The lowest BCUT2D eigenvalue weighted by molar-refractivity contribution is 0.222. The number of hydrogen-bond acceptors (Lipinski definition) is 3. The quantitative estimate of drug-likeness (QED) is 0.650. The third-order valence-corrected chi connectivity index (χ3v) is 8.27. The zero-order chi connectivity index (χ0) is 15.6. The summed E-state index contributed by atoms with van der Waals surface area (Å²) < 4.78 is 11.7. The smallest absolute Gasteiger partial charge is 0.250 e. The Kier molecular flexibility index (Phi) is 5.05.